The molecule has 0 N–H and O–H groups in total. The Morgan fingerprint density at radius 2 is 1.92 bits per heavy atom. The van der Waals surface area contributed by atoms with Crippen LogP contribution in [0.2, 0.25) is 18.1 Å². The number of methoxy groups -OCH3 is 2. The van der Waals surface area contributed by atoms with Crippen molar-refractivity contribution in [2.24, 2.45) is 5.92 Å². The van der Waals surface area contributed by atoms with Gasteiger partial charge >= 0.3 is 6.09 Å². The van der Waals surface area contributed by atoms with E-state index in [0.29, 0.717) is 12.8 Å². The molecule has 0 aromatic heterocycles. The summed E-state index contributed by atoms with van der Waals surface area (Å²) < 4.78 is 16.7. The summed E-state index contributed by atoms with van der Waals surface area (Å²) in [6.45, 7) is 11.0. The van der Waals surface area contributed by atoms with Gasteiger partial charge in [0.15, 0.2) is 8.32 Å². The van der Waals surface area contributed by atoms with Crippen LogP contribution in [0.25, 0.3) is 0 Å². The van der Waals surface area contributed by atoms with E-state index in [4.69, 9.17) is 25.5 Å². The van der Waals surface area contributed by atoms with E-state index in [9.17, 15) is 9.59 Å². The third kappa shape index (κ3) is 3.13. The zero-order valence-corrected chi connectivity index (χ0v) is 18.0. The number of likely N-dealkylation sites (tertiary alicyclic amines) is 1. The van der Waals surface area contributed by atoms with Crippen molar-refractivity contribution in [1.29, 1.82) is 0 Å². The molecule has 1 aliphatic heterocycles. The third-order valence-electron chi connectivity index (χ3n) is 6.24. The molecule has 2 aliphatic rings. The van der Waals surface area contributed by atoms with Crippen LogP contribution in [0.5, 0.6) is 0 Å². The molecule has 0 spiro atoms. The molecule has 8 heteroatoms. The first kappa shape index (κ1) is 20.7. The maximum Gasteiger partial charge on any atom is 0.416 e. The summed E-state index contributed by atoms with van der Waals surface area (Å²) in [7, 11) is 0.674. The number of fused-ring (bicyclic) bond motifs is 1. The van der Waals surface area contributed by atoms with Crippen LogP contribution in [0, 0.1) is 5.92 Å². The van der Waals surface area contributed by atoms with Crippen molar-refractivity contribution in [3.63, 3.8) is 0 Å². The van der Waals surface area contributed by atoms with Crippen LogP contribution >= 0.6 is 11.6 Å². The Morgan fingerprint density at radius 1 is 1.32 bits per heavy atom. The number of rotatable bonds is 4. The van der Waals surface area contributed by atoms with Crippen molar-refractivity contribution >= 4 is 31.9 Å². The molecule has 4 atom stereocenters. The zero-order valence-electron chi connectivity index (χ0n) is 16.2. The van der Waals surface area contributed by atoms with Gasteiger partial charge in [0.1, 0.15) is 6.10 Å². The summed E-state index contributed by atoms with van der Waals surface area (Å²) in [5.74, 6) is -0.570. The van der Waals surface area contributed by atoms with E-state index >= 15 is 0 Å². The molecule has 1 saturated carbocycles. The Morgan fingerprint density at radius 3 is 2.40 bits per heavy atom. The highest BCUT2D eigenvalue weighted by molar-refractivity contribution is 6.74. The van der Waals surface area contributed by atoms with Gasteiger partial charge in [-0.05, 0) is 31.0 Å². The standard InChI is InChI=1S/C17H30ClNO5Si/c1-16(2,3)25(6,7)24-10-17-11(8-9-12(17)18)13(22-4)14(20)19(17)15(21)23-5/h11-13H,8-10H2,1-7H3/t11-,12+,13?,17+/m0/s1. The highest BCUT2D eigenvalue weighted by atomic mass is 35.5. The molecule has 144 valence electrons. The molecule has 2 rings (SSSR count). The molecule has 0 bridgehead atoms. The van der Waals surface area contributed by atoms with Gasteiger partial charge in [-0.1, -0.05) is 20.8 Å². The topological polar surface area (TPSA) is 65.1 Å². The van der Waals surface area contributed by atoms with Crippen molar-refractivity contribution in [3.05, 3.63) is 0 Å². The minimum absolute atomic E-state index is 0.0128. The van der Waals surface area contributed by atoms with Gasteiger partial charge in [-0.15, -0.1) is 11.6 Å². The van der Waals surface area contributed by atoms with Crippen LogP contribution in [0.4, 0.5) is 4.79 Å². The molecular weight excluding hydrogens is 362 g/mol. The van der Waals surface area contributed by atoms with Crippen LogP contribution in [0.3, 0.4) is 0 Å². The average Bonchev–Trinajstić information content (AvgIpc) is 2.95. The van der Waals surface area contributed by atoms with Crippen molar-refractivity contribution in [1.82, 2.24) is 4.90 Å². The molecule has 25 heavy (non-hydrogen) atoms. The molecule has 0 radical (unpaired) electrons. The molecule has 1 heterocycles. The number of nitrogens with zero attached hydrogens (tertiary/aromatic N) is 1. The van der Waals surface area contributed by atoms with E-state index in [2.05, 4.69) is 33.9 Å². The summed E-state index contributed by atoms with van der Waals surface area (Å²) in [6, 6.07) is 0. The smallest absolute Gasteiger partial charge is 0.416 e. The Labute approximate surface area is 156 Å². The molecule has 1 unspecified atom stereocenters. The van der Waals surface area contributed by atoms with Gasteiger partial charge in [-0.3, -0.25) is 4.79 Å². The molecule has 0 aromatic carbocycles. The highest BCUT2D eigenvalue weighted by Crippen LogP contribution is 2.52. The first-order valence-corrected chi connectivity index (χ1v) is 12.0. The number of hydrogen-bond acceptors (Lipinski definition) is 5. The van der Waals surface area contributed by atoms with Crippen LogP contribution in [0.1, 0.15) is 33.6 Å². The molecule has 2 amide bonds. The summed E-state index contributed by atoms with van der Waals surface area (Å²) in [4.78, 5) is 26.4. The largest absolute Gasteiger partial charge is 0.452 e. The lowest BCUT2D eigenvalue weighted by Crippen LogP contribution is -2.60. The van der Waals surface area contributed by atoms with Gasteiger partial charge in [0, 0.05) is 13.0 Å². The molecule has 6 nitrogen and oxygen atoms in total. The van der Waals surface area contributed by atoms with Crippen molar-refractivity contribution in [2.75, 3.05) is 20.8 Å². The Balaban J connectivity index is 2.43. The lowest BCUT2D eigenvalue weighted by molar-refractivity contribution is -0.137. The van der Waals surface area contributed by atoms with Crippen LogP contribution < -0.4 is 0 Å². The number of ether oxygens (including phenoxy) is 2. The fraction of sp³-hybridized carbons (Fsp3) is 0.882. The maximum atomic E-state index is 12.8. The van der Waals surface area contributed by atoms with Crippen molar-refractivity contribution in [3.8, 4) is 0 Å². The minimum Gasteiger partial charge on any atom is -0.452 e. The average molecular weight is 392 g/mol. The number of imide groups is 1. The van der Waals surface area contributed by atoms with Gasteiger partial charge < -0.3 is 13.9 Å². The quantitative estimate of drug-likeness (QED) is 0.542. The van der Waals surface area contributed by atoms with Crippen LogP contribution in [-0.2, 0) is 18.7 Å². The molecule has 2 fully saturated rings. The van der Waals surface area contributed by atoms with Crippen molar-refractivity contribution in [2.45, 2.75) is 68.8 Å². The number of alkyl halides is 1. The zero-order chi connectivity index (χ0) is 19.2. The number of amides is 2. The number of carbonyl (C=O) groups excluding carboxylic acids is 2. The first-order chi connectivity index (χ1) is 11.4. The molecule has 1 aliphatic carbocycles. The fourth-order valence-corrected chi connectivity index (χ4v) is 5.15. The molecule has 1 saturated heterocycles. The SMILES string of the molecule is COC(=O)N1C(=O)C(OC)[C@@H]2CC[C@@H](Cl)[C@@]21CO[Si](C)(C)C(C)(C)C. The first-order valence-electron chi connectivity index (χ1n) is 8.67. The number of halogens is 1. The Hall–Kier alpha value is -0.633. The van der Waals surface area contributed by atoms with Gasteiger partial charge in [0.05, 0.1) is 24.6 Å². The summed E-state index contributed by atoms with van der Waals surface area (Å²) in [6.07, 6.45) is 0.0346. The lowest BCUT2D eigenvalue weighted by atomic mass is 9.87. The Kier molecular flexibility index (Phi) is 5.65. The van der Waals surface area contributed by atoms with E-state index in [0.717, 1.165) is 0 Å². The summed E-state index contributed by atoms with van der Waals surface area (Å²) >= 11 is 6.67. The normalized spacial score (nSPS) is 32.9. The van der Waals surface area contributed by atoms with Crippen LogP contribution in [-0.4, -0.2) is 63.1 Å². The van der Waals surface area contributed by atoms with Crippen molar-refractivity contribution < 1.29 is 23.5 Å². The second kappa shape index (κ2) is 6.83. The number of carbonyl (C=O) groups is 2. The third-order valence-corrected chi connectivity index (χ3v) is 11.3. The second-order valence-corrected chi connectivity index (χ2v) is 13.8. The van der Waals surface area contributed by atoms with Crippen LogP contribution in [0.15, 0.2) is 0 Å². The van der Waals surface area contributed by atoms with E-state index < -0.39 is 26.1 Å². The van der Waals surface area contributed by atoms with E-state index in [1.54, 1.807) is 0 Å². The van der Waals surface area contributed by atoms with E-state index in [1.807, 2.05) is 0 Å². The van der Waals surface area contributed by atoms with Gasteiger partial charge in [-0.2, -0.15) is 0 Å². The fourth-order valence-electron chi connectivity index (χ4n) is 3.67. The van der Waals surface area contributed by atoms with E-state index in [-0.39, 0.29) is 28.8 Å². The van der Waals surface area contributed by atoms with Gasteiger partial charge in [0.25, 0.3) is 5.91 Å². The predicted octanol–water partition coefficient (Wildman–Crippen LogP) is 3.39. The highest BCUT2D eigenvalue weighted by Gasteiger charge is 2.68. The maximum absolute atomic E-state index is 12.8. The summed E-state index contributed by atoms with van der Waals surface area (Å²) in [5, 5.41) is -0.371. The Bertz CT molecular complexity index is 550. The van der Waals surface area contributed by atoms with Gasteiger partial charge in [-0.25, -0.2) is 9.69 Å². The van der Waals surface area contributed by atoms with Gasteiger partial charge in [0.2, 0.25) is 0 Å². The monoisotopic (exact) mass is 391 g/mol. The lowest BCUT2D eigenvalue weighted by Gasteiger charge is -2.43. The summed E-state index contributed by atoms with van der Waals surface area (Å²) in [5.41, 5.74) is -0.915. The molecular formula is C17H30ClNO5Si. The molecule has 0 aromatic rings. The number of hydrogen-bond donors (Lipinski definition) is 0. The van der Waals surface area contributed by atoms with E-state index in [1.165, 1.54) is 19.1 Å². The predicted molar refractivity (Wildman–Crippen MR) is 98.3 cm³/mol. The minimum atomic E-state index is -2.09. The second-order valence-electron chi connectivity index (χ2n) is 8.49.